The van der Waals surface area contributed by atoms with Crippen molar-refractivity contribution in [2.24, 2.45) is 0 Å². The molecule has 1 unspecified atom stereocenters. The summed E-state index contributed by atoms with van der Waals surface area (Å²) in [5, 5.41) is 8.95. The molecule has 0 bridgehead atoms. The van der Waals surface area contributed by atoms with Gasteiger partial charge in [-0.3, -0.25) is 0 Å². The molecule has 88 valence electrons. The monoisotopic (exact) mass is 289 g/mol. The molecule has 1 rings (SSSR count). The third-order valence-electron chi connectivity index (χ3n) is 2.08. The van der Waals surface area contributed by atoms with E-state index < -0.39 is 18.0 Å². The molecule has 0 aliphatic rings. The second kappa shape index (κ2) is 5.16. The van der Waals surface area contributed by atoms with Crippen LogP contribution in [0.3, 0.4) is 0 Å². The number of hydrogen-bond acceptors (Lipinski definition) is 3. The highest BCUT2D eigenvalue weighted by Crippen LogP contribution is 2.20. The van der Waals surface area contributed by atoms with E-state index in [1.807, 2.05) is 0 Å². The predicted molar refractivity (Wildman–Crippen MR) is 60.4 cm³/mol. The molecule has 1 aromatic heterocycles. The second-order valence-corrected chi connectivity index (χ2v) is 4.10. The van der Waals surface area contributed by atoms with Crippen molar-refractivity contribution in [3.05, 3.63) is 22.4 Å². The lowest BCUT2D eigenvalue weighted by Crippen LogP contribution is -2.21. The molecular weight excluding hydrogens is 278 g/mol. The molecule has 6 heteroatoms. The third-order valence-corrected chi connectivity index (χ3v) is 2.51. The van der Waals surface area contributed by atoms with Gasteiger partial charge in [0.15, 0.2) is 0 Å². The van der Waals surface area contributed by atoms with Crippen LogP contribution in [-0.4, -0.2) is 28.2 Å². The summed E-state index contributed by atoms with van der Waals surface area (Å²) in [5.74, 6) is -1.53. The molecule has 5 nitrogen and oxygen atoms in total. The van der Waals surface area contributed by atoms with E-state index in [2.05, 4.69) is 15.9 Å². The van der Waals surface area contributed by atoms with E-state index >= 15 is 0 Å². The number of ether oxygens (including phenoxy) is 1. The molecule has 0 saturated carbocycles. The summed E-state index contributed by atoms with van der Waals surface area (Å²) in [6.07, 6.45) is 1.55. The molecule has 1 heterocycles. The Morgan fingerprint density at radius 3 is 2.75 bits per heavy atom. The maximum atomic E-state index is 11.5. The minimum Gasteiger partial charge on any atom is -0.477 e. The first kappa shape index (κ1) is 12.8. The topological polar surface area (TPSA) is 68.5 Å². The number of hydrogen-bond donors (Lipinski definition) is 1. The van der Waals surface area contributed by atoms with Gasteiger partial charge in [0.25, 0.3) is 0 Å². The molecule has 0 amide bonds. The maximum absolute atomic E-state index is 11.5. The van der Waals surface area contributed by atoms with Crippen LogP contribution in [0.5, 0.6) is 0 Å². The van der Waals surface area contributed by atoms with Gasteiger partial charge in [-0.2, -0.15) is 0 Å². The summed E-state index contributed by atoms with van der Waals surface area (Å²) in [6.45, 7) is 3.57. The summed E-state index contributed by atoms with van der Waals surface area (Å²) in [6, 6.07) is 0.787. The number of esters is 1. The van der Waals surface area contributed by atoms with Crippen molar-refractivity contribution in [2.75, 3.05) is 6.61 Å². The SMILES string of the molecule is CCOC(=O)C(C)n1cc(Br)cc1C(=O)O. The molecule has 0 aromatic carbocycles. The molecule has 1 aromatic rings. The van der Waals surface area contributed by atoms with E-state index in [0.29, 0.717) is 4.47 Å². The zero-order valence-corrected chi connectivity index (χ0v) is 10.5. The van der Waals surface area contributed by atoms with Gasteiger partial charge in [-0.25, -0.2) is 9.59 Å². The van der Waals surface area contributed by atoms with E-state index in [0.717, 1.165) is 0 Å². The van der Waals surface area contributed by atoms with Crippen LogP contribution < -0.4 is 0 Å². The summed E-state index contributed by atoms with van der Waals surface area (Å²) in [5.41, 5.74) is 0.0485. The van der Waals surface area contributed by atoms with E-state index in [4.69, 9.17) is 9.84 Å². The number of aromatic carboxylic acids is 1. The van der Waals surface area contributed by atoms with Gasteiger partial charge in [0.2, 0.25) is 0 Å². The zero-order chi connectivity index (χ0) is 12.3. The van der Waals surface area contributed by atoms with Crippen LogP contribution in [0.25, 0.3) is 0 Å². The number of carbonyl (C=O) groups excluding carboxylic acids is 1. The average Bonchev–Trinajstić information content (AvgIpc) is 2.59. The van der Waals surface area contributed by atoms with Crippen LogP contribution in [0.2, 0.25) is 0 Å². The van der Waals surface area contributed by atoms with E-state index in [-0.39, 0.29) is 12.3 Å². The Kier molecular flexibility index (Phi) is 4.12. The van der Waals surface area contributed by atoms with Gasteiger partial charge in [0.05, 0.1) is 6.61 Å². The molecule has 0 radical (unpaired) electrons. The van der Waals surface area contributed by atoms with Gasteiger partial charge < -0.3 is 14.4 Å². The highest BCUT2D eigenvalue weighted by atomic mass is 79.9. The number of halogens is 1. The van der Waals surface area contributed by atoms with Gasteiger partial charge in [-0.05, 0) is 35.8 Å². The highest BCUT2D eigenvalue weighted by Gasteiger charge is 2.21. The van der Waals surface area contributed by atoms with Crippen molar-refractivity contribution in [3.8, 4) is 0 Å². The number of carboxylic acid groups (broad SMARTS) is 1. The normalized spacial score (nSPS) is 12.2. The van der Waals surface area contributed by atoms with Crippen LogP contribution in [0.4, 0.5) is 0 Å². The molecule has 0 saturated heterocycles. The highest BCUT2D eigenvalue weighted by molar-refractivity contribution is 9.10. The molecule has 0 spiro atoms. The molecule has 0 fully saturated rings. The van der Waals surface area contributed by atoms with Gasteiger partial charge in [0.1, 0.15) is 11.7 Å². The largest absolute Gasteiger partial charge is 0.477 e. The molecular formula is C10H12BrNO4. The Balaban J connectivity index is 3.02. The Hall–Kier alpha value is -1.30. The Morgan fingerprint density at radius 1 is 1.62 bits per heavy atom. The van der Waals surface area contributed by atoms with Crippen molar-refractivity contribution in [3.63, 3.8) is 0 Å². The Labute approximate surface area is 101 Å². The van der Waals surface area contributed by atoms with Gasteiger partial charge in [0, 0.05) is 10.7 Å². The first-order valence-electron chi connectivity index (χ1n) is 4.74. The fourth-order valence-corrected chi connectivity index (χ4v) is 1.75. The lowest BCUT2D eigenvalue weighted by molar-refractivity contribution is -0.146. The molecule has 0 aliphatic heterocycles. The van der Waals surface area contributed by atoms with Crippen LogP contribution in [0, 0.1) is 0 Å². The number of nitrogens with zero attached hydrogens (tertiary/aromatic N) is 1. The molecule has 0 aliphatic carbocycles. The number of aromatic nitrogens is 1. The Bertz CT molecular complexity index is 413. The Morgan fingerprint density at radius 2 is 2.25 bits per heavy atom. The van der Waals surface area contributed by atoms with Crippen molar-refractivity contribution in [2.45, 2.75) is 19.9 Å². The summed E-state index contributed by atoms with van der Waals surface area (Å²) in [7, 11) is 0. The van der Waals surface area contributed by atoms with E-state index in [1.54, 1.807) is 20.0 Å². The average molecular weight is 290 g/mol. The first-order valence-corrected chi connectivity index (χ1v) is 5.54. The fourth-order valence-electron chi connectivity index (χ4n) is 1.31. The summed E-state index contributed by atoms with van der Waals surface area (Å²) in [4.78, 5) is 22.4. The lowest BCUT2D eigenvalue weighted by Gasteiger charge is -2.13. The third kappa shape index (κ3) is 2.63. The van der Waals surface area contributed by atoms with E-state index in [9.17, 15) is 9.59 Å². The molecule has 1 atom stereocenters. The lowest BCUT2D eigenvalue weighted by atomic mass is 10.3. The van der Waals surface area contributed by atoms with E-state index in [1.165, 1.54) is 10.6 Å². The first-order chi connectivity index (χ1) is 7.47. The number of carbonyl (C=O) groups is 2. The van der Waals surface area contributed by atoms with Gasteiger partial charge in [-0.15, -0.1) is 0 Å². The zero-order valence-electron chi connectivity index (χ0n) is 8.94. The molecule has 1 N–H and O–H groups in total. The van der Waals surface area contributed by atoms with Crippen molar-refractivity contribution in [1.29, 1.82) is 0 Å². The van der Waals surface area contributed by atoms with Crippen molar-refractivity contribution >= 4 is 27.9 Å². The number of rotatable bonds is 4. The minimum atomic E-state index is -1.08. The maximum Gasteiger partial charge on any atom is 0.352 e. The van der Waals surface area contributed by atoms with Crippen LogP contribution in [-0.2, 0) is 9.53 Å². The second-order valence-electron chi connectivity index (χ2n) is 3.18. The van der Waals surface area contributed by atoms with Crippen LogP contribution in [0.15, 0.2) is 16.7 Å². The fraction of sp³-hybridized carbons (Fsp3) is 0.400. The van der Waals surface area contributed by atoms with Crippen LogP contribution >= 0.6 is 15.9 Å². The summed E-state index contributed by atoms with van der Waals surface area (Å²) < 4.78 is 6.81. The van der Waals surface area contributed by atoms with Gasteiger partial charge >= 0.3 is 11.9 Å². The smallest absolute Gasteiger partial charge is 0.352 e. The van der Waals surface area contributed by atoms with Crippen molar-refractivity contribution < 1.29 is 19.4 Å². The number of carboxylic acids is 1. The van der Waals surface area contributed by atoms with Crippen molar-refractivity contribution in [1.82, 2.24) is 4.57 Å². The minimum absolute atomic E-state index is 0.0485. The van der Waals surface area contributed by atoms with Crippen LogP contribution in [0.1, 0.15) is 30.4 Å². The molecule has 16 heavy (non-hydrogen) atoms. The standard InChI is InChI=1S/C10H12BrNO4/c1-3-16-10(15)6(2)12-5-7(11)4-8(12)9(13)14/h4-6H,3H2,1-2H3,(H,13,14). The quantitative estimate of drug-likeness (QED) is 0.862. The summed E-state index contributed by atoms with van der Waals surface area (Å²) >= 11 is 3.17. The van der Waals surface area contributed by atoms with Gasteiger partial charge in [-0.1, -0.05) is 0 Å². The predicted octanol–water partition coefficient (Wildman–Crippen LogP) is 2.07.